The fourth-order valence-corrected chi connectivity index (χ4v) is 2.14. The van der Waals surface area contributed by atoms with Gasteiger partial charge < -0.3 is 10.1 Å². The van der Waals surface area contributed by atoms with Gasteiger partial charge in [0.2, 0.25) is 0 Å². The summed E-state index contributed by atoms with van der Waals surface area (Å²) >= 11 is 0. The number of nitrogens with one attached hydrogen (secondary N) is 1. The topological polar surface area (TPSA) is 47.0 Å². The zero-order valence-corrected chi connectivity index (χ0v) is 9.99. The van der Waals surface area contributed by atoms with Crippen LogP contribution in [-0.2, 0) is 17.6 Å². The highest BCUT2D eigenvalue weighted by Crippen LogP contribution is 2.25. The molecule has 0 saturated carbocycles. The standard InChI is InChI=1S/C12H19N3O/c1-3-9(7-16-2)15-12-10-5-4-6-11(10)13-8-14-12/h8-9H,3-7H2,1-2H3,(H,13,14,15). The Bertz CT molecular complexity index is 354. The van der Waals surface area contributed by atoms with Crippen LogP contribution >= 0.6 is 0 Å². The summed E-state index contributed by atoms with van der Waals surface area (Å²) in [5.41, 5.74) is 2.52. The normalized spacial score (nSPS) is 15.9. The van der Waals surface area contributed by atoms with Crippen molar-refractivity contribution in [2.45, 2.75) is 38.6 Å². The Labute approximate surface area is 96.4 Å². The highest BCUT2D eigenvalue weighted by molar-refractivity contribution is 5.48. The smallest absolute Gasteiger partial charge is 0.133 e. The third kappa shape index (κ3) is 2.32. The first-order valence-electron chi connectivity index (χ1n) is 5.93. The van der Waals surface area contributed by atoms with Gasteiger partial charge in [-0.2, -0.15) is 0 Å². The van der Waals surface area contributed by atoms with E-state index in [-0.39, 0.29) is 0 Å². The van der Waals surface area contributed by atoms with E-state index in [4.69, 9.17) is 4.74 Å². The van der Waals surface area contributed by atoms with Gasteiger partial charge in [0.05, 0.1) is 12.6 Å². The third-order valence-electron chi connectivity index (χ3n) is 3.08. The van der Waals surface area contributed by atoms with E-state index in [0.29, 0.717) is 6.04 Å². The summed E-state index contributed by atoms with van der Waals surface area (Å²) < 4.78 is 5.18. The number of fused-ring (bicyclic) bond motifs is 1. The van der Waals surface area contributed by atoms with Crippen molar-refractivity contribution in [3.63, 3.8) is 0 Å². The second kappa shape index (κ2) is 5.25. The van der Waals surface area contributed by atoms with Crippen molar-refractivity contribution < 1.29 is 4.74 Å². The van der Waals surface area contributed by atoms with Gasteiger partial charge in [-0.15, -0.1) is 0 Å². The molecule has 88 valence electrons. The summed E-state index contributed by atoms with van der Waals surface area (Å²) in [7, 11) is 1.73. The van der Waals surface area contributed by atoms with E-state index in [2.05, 4.69) is 22.2 Å². The van der Waals surface area contributed by atoms with Gasteiger partial charge in [-0.05, 0) is 25.7 Å². The largest absolute Gasteiger partial charge is 0.383 e. The van der Waals surface area contributed by atoms with Crippen LogP contribution in [0.25, 0.3) is 0 Å². The van der Waals surface area contributed by atoms with Crippen LogP contribution in [0.15, 0.2) is 6.33 Å². The van der Waals surface area contributed by atoms with Crippen LogP contribution in [0.1, 0.15) is 31.0 Å². The molecular weight excluding hydrogens is 202 g/mol. The molecule has 16 heavy (non-hydrogen) atoms. The summed E-state index contributed by atoms with van der Waals surface area (Å²) in [6.07, 6.45) is 6.08. The quantitative estimate of drug-likeness (QED) is 0.823. The maximum absolute atomic E-state index is 5.18. The van der Waals surface area contributed by atoms with Gasteiger partial charge >= 0.3 is 0 Å². The number of aryl methyl sites for hydroxylation is 1. The number of anilines is 1. The lowest BCUT2D eigenvalue weighted by molar-refractivity contribution is 0.184. The Balaban J connectivity index is 2.12. The number of nitrogens with zero attached hydrogens (tertiary/aromatic N) is 2. The van der Waals surface area contributed by atoms with Gasteiger partial charge in [-0.25, -0.2) is 9.97 Å². The van der Waals surface area contributed by atoms with E-state index in [1.165, 1.54) is 17.7 Å². The van der Waals surface area contributed by atoms with Crippen LogP contribution in [0.4, 0.5) is 5.82 Å². The summed E-state index contributed by atoms with van der Waals surface area (Å²) in [6.45, 7) is 2.87. The van der Waals surface area contributed by atoms with Crippen molar-refractivity contribution in [2.24, 2.45) is 0 Å². The fourth-order valence-electron chi connectivity index (χ4n) is 2.14. The molecule has 1 aromatic rings. The zero-order chi connectivity index (χ0) is 11.4. The number of aromatic nitrogens is 2. The number of hydrogen-bond acceptors (Lipinski definition) is 4. The summed E-state index contributed by atoms with van der Waals surface area (Å²) in [5.74, 6) is 1.01. The molecule has 0 bridgehead atoms. The highest BCUT2D eigenvalue weighted by Gasteiger charge is 2.18. The molecule has 1 N–H and O–H groups in total. The number of hydrogen-bond donors (Lipinski definition) is 1. The SMILES string of the molecule is CCC(COC)Nc1ncnc2c1CCC2. The van der Waals surface area contributed by atoms with Crippen LogP contribution in [0.2, 0.25) is 0 Å². The lowest BCUT2D eigenvalue weighted by Gasteiger charge is -2.18. The second-order valence-corrected chi connectivity index (χ2v) is 4.21. The van der Waals surface area contributed by atoms with E-state index < -0.39 is 0 Å². The summed E-state index contributed by atoms with van der Waals surface area (Å²) in [6, 6.07) is 0.338. The first kappa shape index (κ1) is 11.3. The van der Waals surface area contributed by atoms with Crippen LogP contribution in [0, 0.1) is 0 Å². The molecular formula is C12H19N3O. The maximum Gasteiger partial charge on any atom is 0.133 e. The van der Waals surface area contributed by atoms with Gasteiger partial charge in [0.15, 0.2) is 0 Å². The number of methoxy groups -OCH3 is 1. The average Bonchev–Trinajstić information content (AvgIpc) is 2.77. The lowest BCUT2D eigenvalue weighted by Crippen LogP contribution is -2.25. The molecule has 0 radical (unpaired) electrons. The fraction of sp³-hybridized carbons (Fsp3) is 0.667. The van der Waals surface area contributed by atoms with Crippen molar-refractivity contribution in [1.82, 2.24) is 9.97 Å². The molecule has 0 aliphatic heterocycles. The Hall–Kier alpha value is -1.16. The van der Waals surface area contributed by atoms with Crippen molar-refractivity contribution >= 4 is 5.82 Å². The molecule has 1 heterocycles. The number of rotatable bonds is 5. The number of ether oxygens (including phenoxy) is 1. The van der Waals surface area contributed by atoms with Gasteiger partial charge in [-0.3, -0.25) is 0 Å². The minimum atomic E-state index is 0.338. The van der Waals surface area contributed by atoms with E-state index in [9.17, 15) is 0 Å². The van der Waals surface area contributed by atoms with Crippen LogP contribution < -0.4 is 5.32 Å². The minimum Gasteiger partial charge on any atom is -0.383 e. The molecule has 0 saturated heterocycles. The molecule has 0 aromatic carbocycles. The molecule has 4 nitrogen and oxygen atoms in total. The third-order valence-corrected chi connectivity index (χ3v) is 3.08. The summed E-state index contributed by atoms with van der Waals surface area (Å²) in [4.78, 5) is 8.66. The minimum absolute atomic E-state index is 0.338. The Morgan fingerprint density at radius 2 is 2.31 bits per heavy atom. The van der Waals surface area contributed by atoms with E-state index in [0.717, 1.165) is 31.7 Å². The van der Waals surface area contributed by atoms with Gasteiger partial charge in [-0.1, -0.05) is 6.92 Å². The van der Waals surface area contributed by atoms with Gasteiger partial charge in [0, 0.05) is 18.4 Å². The van der Waals surface area contributed by atoms with Crippen molar-refractivity contribution in [3.8, 4) is 0 Å². The van der Waals surface area contributed by atoms with Crippen molar-refractivity contribution in [1.29, 1.82) is 0 Å². The molecule has 1 aliphatic carbocycles. The van der Waals surface area contributed by atoms with Crippen LogP contribution in [0.5, 0.6) is 0 Å². The van der Waals surface area contributed by atoms with Gasteiger partial charge in [0.25, 0.3) is 0 Å². The second-order valence-electron chi connectivity index (χ2n) is 4.21. The van der Waals surface area contributed by atoms with E-state index in [1.54, 1.807) is 13.4 Å². The first-order valence-corrected chi connectivity index (χ1v) is 5.93. The Morgan fingerprint density at radius 1 is 1.44 bits per heavy atom. The van der Waals surface area contributed by atoms with Crippen molar-refractivity contribution in [3.05, 3.63) is 17.6 Å². The molecule has 2 rings (SSSR count). The predicted molar refractivity (Wildman–Crippen MR) is 63.6 cm³/mol. The summed E-state index contributed by atoms with van der Waals surface area (Å²) in [5, 5.41) is 3.45. The van der Waals surface area contributed by atoms with Crippen LogP contribution in [-0.4, -0.2) is 29.7 Å². The van der Waals surface area contributed by atoms with Crippen molar-refractivity contribution in [2.75, 3.05) is 19.0 Å². The molecule has 1 unspecified atom stereocenters. The molecule has 4 heteroatoms. The van der Waals surface area contributed by atoms with E-state index in [1.807, 2.05) is 0 Å². The molecule has 0 fully saturated rings. The Morgan fingerprint density at radius 3 is 3.06 bits per heavy atom. The molecule has 1 aromatic heterocycles. The molecule has 0 amide bonds. The average molecular weight is 221 g/mol. The molecule has 1 aliphatic rings. The van der Waals surface area contributed by atoms with E-state index >= 15 is 0 Å². The monoisotopic (exact) mass is 221 g/mol. The maximum atomic E-state index is 5.18. The van der Waals surface area contributed by atoms with Crippen LogP contribution in [0.3, 0.4) is 0 Å². The highest BCUT2D eigenvalue weighted by atomic mass is 16.5. The van der Waals surface area contributed by atoms with Gasteiger partial charge in [0.1, 0.15) is 12.1 Å². The zero-order valence-electron chi connectivity index (χ0n) is 9.99. The lowest BCUT2D eigenvalue weighted by atomic mass is 10.2. The Kier molecular flexibility index (Phi) is 3.72. The predicted octanol–water partition coefficient (Wildman–Crippen LogP) is 1.80. The molecule has 1 atom stereocenters. The first-order chi connectivity index (χ1) is 7.85. The molecule has 0 spiro atoms.